The predicted octanol–water partition coefficient (Wildman–Crippen LogP) is 3.76. The SMILES string of the molecule is CCCN1[C@@H]2c3ccc(C4=CCCCC4)c(=O)n3C[C@H]1[C@H](CO)[C@H]2C(=O)N1CCc2ccccc2C1. The fourth-order valence-corrected chi connectivity index (χ4v) is 7.29. The van der Waals surface area contributed by atoms with E-state index >= 15 is 0 Å². The summed E-state index contributed by atoms with van der Waals surface area (Å²) in [6.07, 6.45) is 8.37. The first-order chi connectivity index (χ1) is 17.6. The lowest BCUT2D eigenvalue weighted by Crippen LogP contribution is -2.47. The number of aliphatic hydroxyl groups is 1. The lowest BCUT2D eigenvalue weighted by Gasteiger charge is -2.39. The zero-order valence-corrected chi connectivity index (χ0v) is 21.2. The van der Waals surface area contributed by atoms with Gasteiger partial charge in [-0.3, -0.25) is 14.5 Å². The molecule has 1 fully saturated rings. The summed E-state index contributed by atoms with van der Waals surface area (Å²) in [5.74, 6) is -0.398. The summed E-state index contributed by atoms with van der Waals surface area (Å²) in [6.45, 7) is 4.85. The molecule has 6 nitrogen and oxygen atoms in total. The molecule has 0 radical (unpaired) electrons. The van der Waals surface area contributed by atoms with Crippen LogP contribution in [0.25, 0.3) is 5.57 Å². The van der Waals surface area contributed by atoms with E-state index in [-0.39, 0.29) is 42.0 Å². The Hall–Kier alpha value is -2.70. The Morgan fingerprint density at radius 3 is 2.67 bits per heavy atom. The Bertz CT molecular complexity index is 1250. The summed E-state index contributed by atoms with van der Waals surface area (Å²) < 4.78 is 1.94. The third-order valence-electron chi connectivity index (χ3n) is 9.02. The Balaban J connectivity index is 1.39. The molecule has 4 aliphatic rings. The maximum absolute atomic E-state index is 14.2. The molecule has 4 atom stereocenters. The van der Waals surface area contributed by atoms with Gasteiger partial charge in [0.15, 0.2) is 0 Å². The highest BCUT2D eigenvalue weighted by atomic mass is 16.3. The third-order valence-corrected chi connectivity index (χ3v) is 9.02. The highest BCUT2D eigenvalue weighted by Gasteiger charge is 2.56. The molecule has 2 bridgehead atoms. The maximum Gasteiger partial charge on any atom is 0.258 e. The van der Waals surface area contributed by atoms with Gasteiger partial charge in [-0.25, -0.2) is 0 Å². The van der Waals surface area contributed by atoms with E-state index < -0.39 is 0 Å². The lowest BCUT2D eigenvalue weighted by molar-refractivity contribution is -0.139. The molecule has 1 aromatic carbocycles. The molecule has 6 heteroatoms. The van der Waals surface area contributed by atoms with Crippen molar-refractivity contribution in [2.45, 2.75) is 70.6 Å². The average Bonchev–Trinajstić information content (AvgIpc) is 3.13. The van der Waals surface area contributed by atoms with Crippen LogP contribution in [0.4, 0.5) is 0 Å². The molecule has 1 N–H and O–H groups in total. The monoisotopic (exact) mass is 487 g/mol. The molecular formula is C30H37N3O3. The van der Waals surface area contributed by atoms with Gasteiger partial charge in [0.25, 0.3) is 5.56 Å². The number of aromatic nitrogens is 1. The van der Waals surface area contributed by atoms with E-state index in [0.717, 1.165) is 49.9 Å². The number of allylic oxidation sites excluding steroid dienone is 2. The third kappa shape index (κ3) is 3.77. The molecule has 0 spiro atoms. The van der Waals surface area contributed by atoms with Crippen LogP contribution in [0.2, 0.25) is 0 Å². The van der Waals surface area contributed by atoms with Gasteiger partial charge >= 0.3 is 0 Å². The fourth-order valence-electron chi connectivity index (χ4n) is 7.29. The fraction of sp³-hybridized carbons (Fsp3) is 0.533. The van der Waals surface area contributed by atoms with Gasteiger partial charge in [-0.1, -0.05) is 37.3 Å². The van der Waals surface area contributed by atoms with E-state index in [1.165, 1.54) is 23.1 Å². The Morgan fingerprint density at radius 2 is 1.92 bits per heavy atom. The number of fused-ring (bicyclic) bond motifs is 5. The standard InChI is InChI=1S/C30H37N3O3/c1-2-15-32-26-18-33-25(13-12-23(29(33)35)21-9-4-3-5-10-21)28(32)27(24(26)19-34)30(36)31-16-14-20-8-6-7-11-22(20)17-31/h6-9,11-13,24,26-28,34H,2-5,10,14-19H2,1H3/t24-,26-,27+,28+/m0/s1. The number of rotatable bonds is 5. The number of hydrogen-bond donors (Lipinski definition) is 1. The zero-order valence-electron chi connectivity index (χ0n) is 21.2. The molecule has 190 valence electrons. The number of carbonyl (C=O) groups is 1. The smallest absolute Gasteiger partial charge is 0.258 e. The van der Waals surface area contributed by atoms with Gasteiger partial charge in [0.2, 0.25) is 5.91 Å². The van der Waals surface area contributed by atoms with Crippen LogP contribution in [0, 0.1) is 11.8 Å². The van der Waals surface area contributed by atoms with Crippen LogP contribution in [-0.2, 0) is 24.3 Å². The van der Waals surface area contributed by atoms with Crippen LogP contribution in [0.3, 0.4) is 0 Å². The van der Waals surface area contributed by atoms with Gasteiger partial charge in [-0.15, -0.1) is 0 Å². The van der Waals surface area contributed by atoms with E-state index in [0.29, 0.717) is 19.6 Å². The molecule has 3 aliphatic heterocycles. The highest BCUT2D eigenvalue weighted by molar-refractivity contribution is 5.81. The van der Waals surface area contributed by atoms with Crippen LogP contribution in [0.5, 0.6) is 0 Å². The second-order valence-electron chi connectivity index (χ2n) is 11.0. The van der Waals surface area contributed by atoms with Crippen LogP contribution >= 0.6 is 0 Å². The van der Waals surface area contributed by atoms with Crippen LogP contribution in [-0.4, -0.2) is 51.1 Å². The van der Waals surface area contributed by atoms with Crippen molar-refractivity contribution in [1.29, 1.82) is 0 Å². The van der Waals surface area contributed by atoms with E-state index in [9.17, 15) is 14.7 Å². The minimum atomic E-state index is -0.343. The minimum Gasteiger partial charge on any atom is -0.396 e. The number of hydrogen-bond acceptors (Lipinski definition) is 4. The van der Waals surface area contributed by atoms with Crippen LogP contribution in [0.15, 0.2) is 47.3 Å². The topological polar surface area (TPSA) is 65.8 Å². The van der Waals surface area contributed by atoms with Gasteiger partial charge in [-0.2, -0.15) is 0 Å². The summed E-state index contributed by atoms with van der Waals surface area (Å²) in [4.78, 5) is 32.3. The molecule has 1 aliphatic carbocycles. The summed E-state index contributed by atoms with van der Waals surface area (Å²) in [6, 6.07) is 12.3. The molecule has 0 unspecified atom stereocenters. The Morgan fingerprint density at radius 1 is 1.08 bits per heavy atom. The highest BCUT2D eigenvalue weighted by Crippen LogP contribution is 2.49. The normalized spacial score (nSPS) is 27.4. The van der Waals surface area contributed by atoms with Crippen LogP contribution in [0.1, 0.15) is 67.5 Å². The quantitative estimate of drug-likeness (QED) is 0.698. The van der Waals surface area contributed by atoms with Crippen molar-refractivity contribution in [1.82, 2.24) is 14.4 Å². The first-order valence-corrected chi connectivity index (χ1v) is 13.8. The van der Waals surface area contributed by atoms with Crippen molar-refractivity contribution < 1.29 is 9.90 Å². The molecule has 1 saturated heterocycles. The number of nitrogens with zero attached hydrogens (tertiary/aromatic N) is 3. The molecule has 36 heavy (non-hydrogen) atoms. The van der Waals surface area contributed by atoms with Crippen molar-refractivity contribution >= 4 is 11.5 Å². The molecular weight excluding hydrogens is 450 g/mol. The predicted molar refractivity (Wildman–Crippen MR) is 140 cm³/mol. The van der Waals surface area contributed by atoms with Crippen molar-refractivity contribution in [3.63, 3.8) is 0 Å². The van der Waals surface area contributed by atoms with Crippen LogP contribution < -0.4 is 5.56 Å². The largest absolute Gasteiger partial charge is 0.396 e. The zero-order chi connectivity index (χ0) is 24.8. The van der Waals surface area contributed by atoms with E-state index in [1.807, 2.05) is 21.6 Å². The Labute approximate surface area is 213 Å². The number of aliphatic hydroxyl groups excluding tert-OH is 1. The number of amides is 1. The molecule has 4 heterocycles. The van der Waals surface area contributed by atoms with E-state index in [2.05, 4.69) is 42.2 Å². The van der Waals surface area contributed by atoms with Crippen molar-refractivity contribution in [2.24, 2.45) is 11.8 Å². The van der Waals surface area contributed by atoms with Gasteiger partial charge in [0.1, 0.15) is 0 Å². The van der Waals surface area contributed by atoms with Gasteiger partial charge in [0, 0.05) is 49.5 Å². The molecule has 0 saturated carbocycles. The summed E-state index contributed by atoms with van der Waals surface area (Å²) in [7, 11) is 0. The van der Waals surface area contributed by atoms with E-state index in [1.54, 1.807) is 0 Å². The molecule has 6 rings (SSSR count). The first-order valence-electron chi connectivity index (χ1n) is 13.8. The van der Waals surface area contributed by atoms with E-state index in [4.69, 9.17) is 0 Å². The molecule has 1 aromatic heterocycles. The molecule has 2 aromatic rings. The summed E-state index contributed by atoms with van der Waals surface area (Å²) >= 11 is 0. The molecule has 1 amide bonds. The van der Waals surface area contributed by atoms with Crippen molar-refractivity contribution in [2.75, 3.05) is 19.7 Å². The van der Waals surface area contributed by atoms with Gasteiger partial charge in [0.05, 0.1) is 12.0 Å². The lowest BCUT2D eigenvalue weighted by atomic mass is 9.85. The number of benzene rings is 1. The maximum atomic E-state index is 14.2. The second kappa shape index (κ2) is 9.64. The van der Waals surface area contributed by atoms with Crippen molar-refractivity contribution in [3.05, 3.63) is 75.2 Å². The minimum absolute atomic E-state index is 0.00763. The summed E-state index contributed by atoms with van der Waals surface area (Å²) in [5, 5.41) is 10.6. The van der Waals surface area contributed by atoms with Gasteiger partial charge in [-0.05, 0) is 73.9 Å². The number of carbonyl (C=O) groups excluding carboxylic acids is 1. The summed E-state index contributed by atoms with van der Waals surface area (Å²) in [5.41, 5.74) is 5.53. The Kier molecular flexibility index (Phi) is 6.34. The second-order valence-corrected chi connectivity index (χ2v) is 11.0. The van der Waals surface area contributed by atoms with Gasteiger partial charge < -0.3 is 14.6 Å². The average molecular weight is 488 g/mol. The first kappa shape index (κ1) is 23.7. The van der Waals surface area contributed by atoms with Crippen molar-refractivity contribution in [3.8, 4) is 0 Å². The number of pyridine rings is 1.